The molecule has 0 aliphatic rings. The zero-order valence-corrected chi connectivity index (χ0v) is 12.3. The van der Waals surface area contributed by atoms with Crippen LogP contribution in [-0.2, 0) is 0 Å². The quantitative estimate of drug-likeness (QED) is 0.683. The zero-order chi connectivity index (χ0) is 12.8. The molecule has 1 unspecified atom stereocenters. The monoisotopic (exact) mass is 229 g/mol. The van der Waals surface area contributed by atoms with Crippen LogP contribution in [0.2, 0.25) is 0 Å². The largest absolute Gasteiger partial charge is 0.311 e. The van der Waals surface area contributed by atoms with Gasteiger partial charge in [-0.3, -0.25) is 4.90 Å². The summed E-state index contributed by atoms with van der Waals surface area (Å²) in [6, 6.07) is 0.609. The van der Waals surface area contributed by atoms with Crippen molar-refractivity contribution in [3.05, 3.63) is 0 Å². The van der Waals surface area contributed by atoms with Gasteiger partial charge in [-0.25, -0.2) is 0 Å². The van der Waals surface area contributed by atoms with E-state index in [1.165, 1.54) is 0 Å². The van der Waals surface area contributed by atoms with Gasteiger partial charge in [0.1, 0.15) is 0 Å². The molecule has 0 radical (unpaired) electrons. The Hall–Kier alpha value is -0.120. The smallest absolute Gasteiger partial charge is 0.0252 e. The molecule has 0 aliphatic heterocycles. The molecule has 1 atom stereocenters. The van der Waals surface area contributed by atoms with Crippen molar-refractivity contribution in [2.75, 3.05) is 40.3 Å². The van der Waals surface area contributed by atoms with Crippen LogP contribution < -0.4 is 5.32 Å². The summed E-state index contributed by atoms with van der Waals surface area (Å²) in [6.45, 7) is 15.7. The first-order valence-electron chi connectivity index (χ1n) is 6.46. The minimum atomic E-state index is 0.200. The van der Waals surface area contributed by atoms with E-state index in [4.69, 9.17) is 0 Å². The molecule has 0 saturated heterocycles. The van der Waals surface area contributed by atoms with Crippen LogP contribution >= 0.6 is 0 Å². The van der Waals surface area contributed by atoms with Crippen molar-refractivity contribution in [1.82, 2.24) is 15.1 Å². The second-order valence-electron chi connectivity index (χ2n) is 5.59. The summed E-state index contributed by atoms with van der Waals surface area (Å²) in [7, 11) is 4.28. The van der Waals surface area contributed by atoms with Gasteiger partial charge in [-0.1, -0.05) is 13.8 Å². The fourth-order valence-electron chi connectivity index (χ4n) is 2.27. The lowest BCUT2D eigenvalue weighted by Gasteiger charge is -2.37. The maximum absolute atomic E-state index is 3.54. The molecule has 0 aliphatic carbocycles. The molecule has 3 nitrogen and oxygen atoms in total. The van der Waals surface area contributed by atoms with Crippen molar-refractivity contribution in [3.8, 4) is 0 Å². The van der Waals surface area contributed by atoms with Crippen LogP contribution in [0.3, 0.4) is 0 Å². The summed E-state index contributed by atoms with van der Waals surface area (Å²) < 4.78 is 0. The number of nitrogens with one attached hydrogen (secondary N) is 1. The molecule has 0 spiro atoms. The van der Waals surface area contributed by atoms with E-state index in [9.17, 15) is 0 Å². The van der Waals surface area contributed by atoms with Crippen molar-refractivity contribution in [2.24, 2.45) is 0 Å². The molecular formula is C13H31N3. The Balaban J connectivity index is 4.27. The van der Waals surface area contributed by atoms with Gasteiger partial charge in [-0.2, -0.15) is 0 Å². The Morgan fingerprint density at radius 3 is 2.12 bits per heavy atom. The normalized spacial score (nSPS) is 14.8. The molecule has 0 aromatic rings. The molecule has 0 heterocycles. The minimum Gasteiger partial charge on any atom is -0.311 e. The van der Waals surface area contributed by atoms with Crippen molar-refractivity contribution in [3.63, 3.8) is 0 Å². The third kappa shape index (κ3) is 6.46. The van der Waals surface area contributed by atoms with Gasteiger partial charge in [0.05, 0.1) is 0 Å². The fourth-order valence-corrected chi connectivity index (χ4v) is 2.27. The highest BCUT2D eigenvalue weighted by Crippen LogP contribution is 2.09. The number of hydrogen-bond donors (Lipinski definition) is 1. The van der Waals surface area contributed by atoms with E-state index in [-0.39, 0.29) is 5.54 Å². The van der Waals surface area contributed by atoms with E-state index in [0.717, 1.165) is 26.2 Å². The number of hydrogen-bond acceptors (Lipinski definition) is 3. The number of likely N-dealkylation sites (N-methyl/N-ethyl adjacent to an activating group) is 3. The van der Waals surface area contributed by atoms with Gasteiger partial charge >= 0.3 is 0 Å². The van der Waals surface area contributed by atoms with E-state index in [1.54, 1.807) is 0 Å². The molecular weight excluding hydrogens is 198 g/mol. The van der Waals surface area contributed by atoms with E-state index >= 15 is 0 Å². The van der Waals surface area contributed by atoms with Crippen molar-refractivity contribution in [2.45, 2.75) is 46.2 Å². The summed E-state index contributed by atoms with van der Waals surface area (Å²) in [4.78, 5) is 4.80. The lowest BCUT2D eigenvalue weighted by atomic mass is 10.0. The Labute approximate surface area is 102 Å². The second-order valence-corrected chi connectivity index (χ2v) is 5.59. The summed E-state index contributed by atoms with van der Waals surface area (Å²) in [5.41, 5.74) is 0.200. The van der Waals surface area contributed by atoms with Crippen LogP contribution in [0.4, 0.5) is 0 Å². The van der Waals surface area contributed by atoms with Crippen LogP contribution in [0.15, 0.2) is 0 Å². The lowest BCUT2D eigenvalue weighted by Crippen LogP contribution is -2.52. The summed E-state index contributed by atoms with van der Waals surface area (Å²) in [5, 5.41) is 3.54. The summed E-state index contributed by atoms with van der Waals surface area (Å²) >= 11 is 0. The highest BCUT2D eigenvalue weighted by Gasteiger charge is 2.22. The van der Waals surface area contributed by atoms with Crippen LogP contribution in [0.5, 0.6) is 0 Å². The highest BCUT2D eigenvalue weighted by atomic mass is 15.2. The Kier molecular flexibility index (Phi) is 7.20. The van der Waals surface area contributed by atoms with Gasteiger partial charge in [0.2, 0.25) is 0 Å². The zero-order valence-electron chi connectivity index (χ0n) is 12.3. The maximum Gasteiger partial charge on any atom is 0.0252 e. The summed E-state index contributed by atoms with van der Waals surface area (Å²) in [6.07, 6.45) is 0. The Morgan fingerprint density at radius 1 is 1.19 bits per heavy atom. The van der Waals surface area contributed by atoms with Gasteiger partial charge in [0.15, 0.2) is 0 Å². The molecule has 0 saturated carbocycles. The van der Waals surface area contributed by atoms with Crippen molar-refractivity contribution < 1.29 is 0 Å². The SMILES string of the molecule is CCNC(C)(C)CN(CC)C(C)CN(C)C. The molecule has 16 heavy (non-hydrogen) atoms. The predicted molar refractivity (Wildman–Crippen MR) is 73.0 cm³/mol. The molecule has 0 amide bonds. The van der Waals surface area contributed by atoms with Gasteiger partial charge in [0, 0.05) is 24.7 Å². The second kappa shape index (κ2) is 7.25. The fraction of sp³-hybridized carbons (Fsp3) is 1.00. The lowest BCUT2D eigenvalue weighted by molar-refractivity contribution is 0.141. The average molecular weight is 229 g/mol. The van der Waals surface area contributed by atoms with Gasteiger partial charge in [-0.05, 0) is 48.0 Å². The van der Waals surface area contributed by atoms with Crippen LogP contribution in [0.1, 0.15) is 34.6 Å². The first-order chi connectivity index (χ1) is 7.32. The maximum atomic E-state index is 3.54. The molecule has 0 aromatic carbocycles. The standard InChI is InChI=1S/C13H31N3/c1-8-14-13(4,5)11-16(9-2)12(3)10-15(6)7/h12,14H,8-11H2,1-7H3. The van der Waals surface area contributed by atoms with Gasteiger partial charge in [-0.15, -0.1) is 0 Å². The Bertz CT molecular complexity index is 178. The molecule has 0 bridgehead atoms. The number of rotatable bonds is 8. The molecule has 0 fully saturated rings. The van der Waals surface area contributed by atoms with Crippen LogP contribution in [0.25, 0.3) is 0 Å². The third-order valence-corrected chi connectivity index (χ3v) is 2.91. The first-order valence-corrected chi connectivity index (χ1v) is 6.46. The molecule has 0 rings (SSSR count). The molecule has 1 N–H and O–H groups in total. The first kappa shape index (κ1) is 15.9. The summed E-state index contributed by atoms with van der Waals surface area (Å²) in [5.74, 6) is 0. The van der Waals surface area contributed by atoms with E-state index in [1.807, 2.05) is 0 Å². The topological polar surface area (TPSA) is 18.5 Å². The molecule has 98 valence electrons. The highest BCUT2D eigenvalue weighted by molar-refractivity contribution is 4.83. The molecule has 3 heteroatoms. The molecule has 0 aromatic heterocycles. The van der Waals surface area contributed by atoms with Gasteiger partial charge < -0.3 is 10.2 Å². The number of nitrogens with zero attached hydrogens (tertiary/aromatic N) is 2. The van der Waals surface area contributed by atoms with Crippen molar-refractivity contribution >= 4 is 0 Å². The van der Waals surface area contributed by atoms with Gasteiger partial charge in [0.25, 0.3) is 0 Å². The predicted octanol–water partition coefficient (Wildman–Crippen LogP) is 1.65. The van der Waals surface area contributed by atoms with E-state index < -0.39 is 0 Å². The van der Waals surface area contributed by atoms with Crippen LogP contribution in [0, 0.1) is 0 Å². The van der Waals surface area contributed by atoms with Crippen LogP contribution in [-0.4, -0.2) is 61.7 Å². The third-order valence-electron chi connectivity index (χ3n) is 2.91. The van der Waals surface area contributed by atoms with E-state index in [0.29, 0.717) is 6.04 Å². The Morgan fingerprint density at radius 2 is 1.75 bits per heavy atom. The minimum absolute atomic E-state index is 0.200. The van der Waals surface area contributed by atoms with Crippen molar-refractivity contribution in [1.29, 1.82) is 0 Å². The van der Waals surface area contributed by atoms with E-state index in [2.05, 4.69) is 63.8 Å². The average Bonchev–Trinajstić information content (AvgIpc) is 2.12.